The number of hydrogen-bond acceptors (Lipinski definition) is 9. The van der Waals surface area contributed by atoms with Crippen LogP contribution in [0.2, 0.25) is 0 Å². The van der Waals surface area contributed by atoms with Crippen molar-refractivity contribution in [3.63, 3.8) is 0 Å². The molecule has 2 aromatic heterocycles. The number of fused-ring (bicyclic) bond motifs is 1. The van der Waals surface area contributed by atoms with E-state index in [0.29, 0.717) is 34.5 Å². The molecule has 39 heavy (non-hydrogen) atoms. The first kappa shape index (κ1) is 25.9. The first-order valence-corrected chi connectivity index (χ1v) is 13.4. The number of methoxy groups -OCH3 is 2. The number of rotatable bonds is 11. The first-order valence-electron chi connectivity index (χ1n) is 11.9. The second-order valence-corrected chi connectivity index (χ2v) is 9.93. The van der Waals surface area contributed by atoms with E-state index < -0.39 is 10.0 Å². The van der Waals surface area contributed by atoms with Crippen LogP contribution in [0.4, 0.5) is 0 Å². The lowest BCUT2D eigenvalue weighted by molar-refractivity contribution is 0.306. The predicted molar refractivity (Wildman–Crippen MR) is 143 cm³/mol. The molecule has 5 aromatic rings. The third-order valence-electron chi connectivity index (χ3n) is 5.64. The second kappa shape index (κ2) is 11.4. The summed E-state index contributed by atoms with van der Waals surface area (Å²) in [6.07, 6.45) is 0. The van der Waals surface area contributed by atoms with E-state index in [9.17, 15) is 8.42 Å². The van der Waals surface area contributed by atoms with E-state index in [4.69, 9.17) is 18.9 Å². The Morgan fingerprint density at radius 3 is 2.31 bits per heavy atom. The molecule has 0 aliphatic carbocycles. The van der Waals surface area contributed by atoms with Gasteiger partial charge in [-0.1, -0.05) is 18.2 Å². The van der Waals surface area contributed by atoms with Gasteiger partial charge in [-0.2, -0.15) is 4.52 Å². The van der Waals surface area contributed by atoms with Crippen LogP contribution in [0.25, 0.3) is 17.0 Å². The molecule has 0 saturated carbocycles. The lowest BCUT2D eigenvalue weighted by Gasteiger charge is -2.10. The molecular weight excluding hydrogens is 522 g/mol. The zero-order valence-corrected chi connectivity index (χ0v) is 22.0. The fourth-order valence-corrected chi connectivity index (χ4v) is 4.74. The molecule has 12 heteroatoms. The lowest BCUT2D eigenvalue weighted by atomic mass is 10.2. The second-order valence-electron chi connectivity index (χ2n) is 8.17. The third kappa shape index (κ3) is 5.92. The Hall–Kier alpha value is -4.68. The van der Waals surface area contributed by atoms with Gasteiger partial charge in [0.15, 0.2) is 23.0 Å². The van der Waals surface area contributed by atoms with E-state index in [0.717, 1.165) is 5.56 Å². The summed E-state index contributed by atoms with van der Waals surface area (Å²) in [5, 5.41) is 12.8. The molecule has 0 spiro atoms. The van der Waals surface area contributed by atoms with E-state index in [1.165, 1.54) is 12.1 Å². The molecule has 2 heterocycles. The van der Waals surface area contributed by atoms with Crippen LogP contribution in [-0.4, -0.2) is 55.6 Å². The van der Waals surface area contributed by atoms with Gasteiger partial charge in [0.1, 0.15) is 18.1 Å². The van der Waals surface area contributed by atoms with Gasteiger partial charge in [-0.15, -0.1) is 15.3 Å². The summed E-state index contributed by atoms with van der Waals surface area (Å²) < 4.78 is 51.5. The van der Waals surface area contributed by atoms with Crippen LogP contribution in [0.1, 0.15) is 0 Å². The van der Waals surface area contributed by atoms with Crippen molar-refractivity contribution in [2.24, 2.45) is 0 Å². The quantitative estimate of drug-likeness (QED) is 0.245. The minimum Gasteiger partial charge on any atom is -0.493 e. The SMILES string of the molecule is COc1ccc(-c2nnc3ccc(OCCNS(=O)(=O)c4ccc(Oc5ccccc5)cc4)nn23)cc1OC. The van der Waals surface area contributed by atoms with Gasteiger partial charge in [-0.25, -0.2) is 13.1 Å². The monoisotopic (exact) mass is 547 g/mol. The zero-order valence-electron chi connectivity index (χ0n) is 21.1. The Morgan fingerprint density at radius 1 is 0.821 bits per heavy atom. The van der Waals surface area contributed by atoms with Crippen molar-refractivity contribution in [1.29, 1.82) is 0 Å². The maximum absolute atomic E-state index is 12.7. The molecule has 0 fully saturated rings. The van der Waals surface area contributed by atoms with Gasteiger partial charge >= 0.3 is 0 Å². The highest BCUT2D eigenvalue weighted by molar-refractivity contribution is 7.89. The number of para-hydroxylation sites is 1. The van der Waals surface area contributed by atoms with Gasteiger partial charge in [-0.05, 0) is 60.7 Å². The van der Waals surface area contributed by atoms with Crippen LogP contribution in [0.3, 0.4) is 0 Å². The van der Waals surface area contributed by atoms with Crippen molar-refractivity contribution in [2.45, 2.75) is 4.90 Å². The molecule has 0 saturated heterocycles. The fraction of sp³-hybridized carbons (Fsp3) is 0.148. The molecule has 11 nitrogen and oxygen atoms in total. The van der Waals surface area contributed by atoms with Crippen molar-refractivity contribution in [2.75, 3.05) is 27.4 Å². The van der Waals surface area contributed by atoms with Crippen LogP contribution in [-0.2, 0) is 10.0 Å². The Balaban J connectivity index is 1.21. The van der Waals surface area contributed by atoms with Gasteiger partial charge in [0, 0.05) is 18.2 Å². The molecular formula is C27H25N5O6S. The maximum Gasteiger partial charge on any atom is 0.240 e. The van der Waals surface area contributed by atoms with Crippen LogP contribution < -0.4 is 23.7 Å². The third-order valence-corrected chi connectivity index (χ3v) is 7.11. The van der Waals surface area contributed by atoms with Crippen LogP contribution in [0.15, 0.2) is 89.8 Å². The summed E-state index contributed by atoms with van der Waals surface area (Å²) in [5.41, 5.74) is 1.24. The number of hydrogen-bond donors (Lipinski definition) is 1. The molecule has 0 aliphatic rings. The minimum absolute atomic E-state index is 0.0367. The summed E-state index contributed by atoms with van der Waals surface area (Å²) in [5.74, 6) is 3.10. The minimum atomic E-state index is -3.74. The number of nitrogens with one attached hydrogen (secondary N) is 1. The Bertz CT molecular complexity index is 1670. The molecule has 200 valence electrons. The molecule has 0 unspecified atom stereocenters. The summed E-state index contributed by atoms with van der Waals surface area (Å²) in [6, 6.07) is 24.1. The molecule has 5 rings (SSSR count). The highest BCUT2D eigenvalue weighted by Gasteiger charge is 2.15. The van der Waals surface area contributed by atoms with Gasteiger partial charge in [0.2, 0.25) is 15.9 Å². The van der Waals surface area contributed by atoms with E-state index in [1.54, 1.807) is 55.1 Å². The molecule has 0 amide bonds. The number of nitrogens with zero attached hydrogens (tertiary/aromatic N) is 4. The highest BCUT2D eigenvalue weighted by atomic mass is 32.2. The number of benzene rings is 3. The fourth-order valence-electron chi connectivity index (χ4n) is 3.73. The highest BCUT2D eigenvalue weighted by Crippen LogP contribution is 2.31. The standard InChI is InChI=1S/C27H25N5O6S/c1-35-23-13-8-19(18-24(23)36-2)27-30-29-25-14-15-26(31-32(25)27)37-17-16-28-39(33,34)22-11-9-21(10-12-22)38-20-6-4-3-5-7-20/h3-15,18,28H,16-17H2,1-2H3. The van der Waals surface area contributed by atoms with Crippen molar-refractivity contribution in [3.05, 3.63) is 84.9 Å². The smallest absolute Gasteiger partial charge is 0.240 e. The van der Waals surface area contributed by atoms with Crippen LogP contribution in [0.5, 0.6) is 28.9 Å². The van der Waals surface area contributed by atoms with Gasteiger partial charge in [0.05, 0.1) is 19.1 Å². The Morgan fingerprint density at radius 2 is 1.56 bits per heavy atom. The molecule has 3 aromatic carbocycles. The maximum atomic E-state index is 12.7. The molecule has 1 N–H and O–H groups in total. The normalized spacial score (nSPS) is 11.3. The Kier molecular flexibility index (Phi) is 7.57. The van der Waals surface area contributed by atoms with Crippen molar-refractivity contribution in [1.82, 2.24) is 24.5 Å². The van der Waals surface area contributed by atoms with E-state index in [2.05, 4.69) is 20.0 Å². The summed E-state index contributed by atoms with van der Waals surface area (Å²) in [4.78, 5) is 0.117. The van der Waals surface area contributed by atoms with Crippen molar-refractivity contribution >= 4 is 15.7 Å². The zero-order chi connectivity index (χ0) is 27.2. The number of aromatic nitrogens is 4. The van der Waals surface area contributed by atoms with E-state index >= 15 is 0 Å². The van der Waals surface area contributed by atoms with Gasteiger partial charge in [-0.3, -0.25) is 0 Å². The Labute approximate surface area is 225 Å². The molecule has 0 bridgehead atoms. The molecule has 0 radical (unpaired) electrons. The van der Waals surface area contributed by atoms with Crippen LogP contribution >= 0.6 is 0 Å². The van der Waals surface area contributed by atoms with Crippen molar-refractivity contribution < 1.29 is 27.4 Å². The molecule has 0 atom stereocenters. The van der Waals surface area contributed by atoms with Crippen LogP contribution in [0, 0.1) is 0 Å². The number of ether oxygens (including phenoxy) is 4. The summed E-state index contributed by atoms with van der Waals surface area (Å²) >= 11 is 0. The average Bonchev–Trinajstić information content (AvgIpc) is 3.39. The van der Waals surface area contributed by atoms with E-state index in [-0.39, 0.29) is 23.9 Å². The van der Waals surface area contributed by atoms with Gasteiger partial charge < -0.3 is 18.9 Å². The van der Waals surface area contributed by atoms with Gasteiger partial charge in [0.25, 0.3) is 0 Å². The summed E-state index contributed by atoms with van der Waals surface area (Å²) in [7, 11) is -0.623. The van der Waals surface area contributed by atoms with E-state index in [1.807, 2.05) is 36.4 Å². The average molecular weight is 548 g/mol. The first-order chi connectivity index (χ1) is 19.0. The number of sulfonamides is 1. The predicted octanol–water partition coefficient (Wildman–Crippen LogP) is 3.96. The topological polar surface area (TPSA) is 126 Å². The van der Waals surface area contributed by atoms with Crippen molar-refractivity contribution in [3.8, 4) is 40.3 Å². The lowest BCUT2D eigenvalue weighted by Crippen LogP contribution is -2.28. The molecule has 0 aliphatic heterocycles. The summed E-state index contributed by atoms with van der Waals surface area (Å²) in [6.45, 7) is 0.0930. The largest absolute Gasteiger partial charge is 0.493 e.